The maximum absolute atomic E-state index is 12.5. The zero-order valence-corrected chi connectivity index (χ0v) is 20.8. The minimum Gasteiger partial charge on any atom is -0.543 e. The van der Waals surface area contributed by atoms with E-state index in [9.17, 15) is 41.1 Å². The maximum atomic E-state index is 12.5. The van der Waals surface area contributed by atoms with Crippen molar-refractivity contribution in [2.45, 2.75) is 17.6 Å². The summed E-state index contributed by atoms with van der Waals surface area (Å²) in [4.78, 5) is 36.9. The number of tetrazole rings is 1. The predicted octanol–water partition coefficient (Wildman–Crippen LogP) is -5.99. The number of carboxylic acid groups (broad SMARTS) is 1. The van der Waals surface area contributed by atoms with Gasteiger partial charge in [-0.1, -0.05) is 5.10 Å². The number of carbonyl (C=O) groups excluding carboxylic acids is 3. The van der Waals surface area contributed by atoms with Crippen LogP contribution in [0.25, 0.3) is 0 Å². The summed E-state index contributed by atoms with van der Waals surface area (Å²) in [6.45, 7) is -0.0340. The second-order valence-corrected chi connectivity index (χ2v) is 9.99. The Morgan fingerprint density at radius 3 is 2.55 bits per heavy atom. The molecule has 2 aliphatic heterocycles. The molecule has 0 radical (unpaired) electrons. The molecule has 0 aromatic carbocycles. The van der Waals surface area contributed by atoms with E-state index in [0.29, 0.717) is 0 Å². The zero-order valence-electron chi connectivity index (χ0n) is 17.1. The van der Waals surface area contributed by atoms with Gasteiger partial charge in [0.1, 0.15) is 22.9 Å². The van der Waals surface area contributed by atoms with Crippen LogP contribution in [0.5, 0.6) is 0 Å². The Morgan fingerprint density at radius 2 is 2.00 bits per heavy atom. The van der Waals surface area contributed by atoms with E-state index in [0.717, 1.165) is 16.7 Å². The Balaban J connectivity index is 0.00000385. The molecule has 1 saturated heterocycles. The summed E-state index contributed by atoms with van der Waals surface area (Å²) >= 11 is 1.08. The van der Waals surface area contributed by atoms with Gasteiger partial charge in [-0.05, 0) is 16.0 Å². The molecule has 2 aliphatic rings. The number of nitrogens with one attached hydrogen (secondary N) is 2. The number of anilines is 1. The topological polar surface area (TPSA) is 179 Å². The standard InChI is InChI=1S/C14H16F3N7O6S2.Na/c1-23-13(20-21-22-23)18-2-6-3-31-11-8(10(26)24(11)9(6)12(27)28)19-7(25)4-32(29,30)5-14(15,16)17;/h8,11H,2-5H2,1H3,(H,19,25)(H,27,28)(H,18,20,22);/q;+1/p-1/t8-,11-;/m1./s1. The van der Waals surface area contributed by atoms with E-state index in [1.54, 1.807) is 7.05 Å². The van der Waals surface area contributed by atoms with Gasteiger partial charge in [0.25, 0.3) is 5.91 Å². The number of carboxylic acids is 1. The summed E-state index contributed by atoms with van der Waals surface area (Å²) in [5.41, 5.74) is -0.142. The maximum Gasteiger partial charge on any atom is 1.00 e. The van der Waals surface area contributed by atoms with E-state index in [1.807, 2.05) is 0 Å². The zero-order chi connectivity index (χ0) is 23.8. The number of carbonyl (C=O) groups is 3. The summed E-state index contributed by atoms with van der Waals surface area (Å²) in [5, 5.41) is 26.3. The van der Waals surface area contributed by atoms with E-state index < -0.39 is 62.4 Å². The minimum atomic E-state index is -5.01. The normalized spacial score (nSPS) is 20.5. The molecule has 176 valence electrons. The molecule has 13 nitrogen and oxygen atoms in total. The summed E-state index contributed by atoms with van der Waals surface area (Å²) in [6.07, 6.45) is -5.01. The van der Waals surface area contributed by atoms with E-state index in [4.69, 9.17) is 0 Å². The molecule has 0 aliphatic carbocycles. The molecular weight excluding hydrogens is 506 g/mol. The van der Waals surface area contributed by atoms with E-state index >= 15 is 0 Å². The molecule has 0 saturated carbocycles. The third-order valence-electron chi connectivity index (χ3n) is 4.37. The van der Waals surface area contributed by atoms with Crippen molar-refractivity contribution in [3.05, 3.63) is 11.3 Å². The average molecular weight is 521 g/mol. The van der Waals surface area contributed by atoms with Crippen molar-refractivity contribution in [1.82, 2.24) is 30.4 Å². The van der Waals surface area contributed by atoms with Gasteiger partial charge in [0.05, 0.1) is 11.7 Å². The number of halogens is 3. The second kappa shape index (κ2) is 10.2. The second-order valence-electron chi connectivity index (χ2n) is 6.82. The van der Waals surface area contributed by atoms with Crippen molar-refractivity contribution in [1.29, 1.82) is 0 Å². The number of aromatic nitrogens is 4. The van der Waals surface area contributed by atoms with Crippen molar-refractivity contribution in [3.8, 4) is 0 Å². The van der Waals surface area contributed by atoms with Crippen molar-refractivity contribution < 1.29 is 70.6 Å². The summed E-state index contributed by atoms with van der Waals surface area (Å²) < 4.78 is 61.2. The van der Waals surface area contributed by atoms with Crippen LogP contribution in [0, 0.1) is 0 Å². The molecule has 1 aromatic rings. The van der Waals surface area contributed by atoms with Crippen LogP contribution in [-0.4, -0.2) is 92.7 Å². The van der Waals surface area contributed by atoms with Gasteiger partial charge in [-0.25, -0.2) is 13.1 Å². The smallest absolute Gasteiger partial charge is 0.543 e. The number of amides is 2. The SMILES string of the molecule is Cn1nnnc1NCC1=C(C(=O)[O-])N2C(=O)[C@@H](NC(=O)CS(=O)(=O)CC(F)(F)F)[C@H]2SC1.[Na+]. The number of hydrogen-bond acceptors (Lipinski definition) is 11. The Bertz CT molecular complexity index is 1090. The fourth-order valence-corrected chi connectivity index (χ4v) is 5.52. The molecule has 0 unspecified atom stereocenters. The number of rotatable bonds is 8. The molecule has 2 N–H and O–H groups in total. The number of hydrogen-bond donors (Lipinski definition) is 2. The number of aliphatic carboxylic acids is 1. The number of aryl methyl sites for hydroxylation is 1. The molecule has 3 heterocycles. The molecule has 2 atom stereocenters. The van der Waals surface area contributed by atoms with Gasteiger partial charge in [0.2, 0.25) is 11.9 Å². The molecule has 19 heteroatoms. The third-order valence-corrected chi connectivity index (χ3v) is 7.18. The average Bonchev–Trinajstić information content (AvgIpc) is 3.05. The molecule has 3 rings (SSSR count). The van der Waals surface area contributed by atoms with Gasteiger partial charge >= 0.3 is 35.7 Å². The van der Waals surface area contributed by atoms with Gasteiger partial charge in [-0.2, -0.15) is 13.2 Å². The Morgan fingerprint density at radius 1 is 1.33 bits per heavy atom. The van der Waals surface area contributed by atoms with Crippen LogP contribution in [-0.2, 0) is 31.3 Å². The van der Waals surface area contributed by atoms with Gasteiger partial charge < -0.3 is 20.5 Å². The monoisotopic (exact) mass is 521 g/mol. The number of β-lactam (4-membered cyclic amide) rings is 1. The quantitative estimate of drug-likeness (QED) is 0.246. The first-order valence-electron chi connectivity index (χ1n) is 8.70. The Labute approximate surface area is 210 Å². The van der Waals surface area contributed by atoms with Crippen molar-refractivity contribution in [2.24, 2.45) is 7.05 Å². The fraction of sp³-hybridized carbons (Fsp3) is 0.571. The van der Waals surface area contributed by atoms with Gasteiger partial charge in [0, 0.05) is 19.3 Å². The van der Waals surface area contributed by atoms with Crippen LogP contribution in [0.4, 0.5) is 19.1 Å². The van der Waals surface area contributed by atoms with Gasteiger partial charge in [-0.15, -0.1) is 11.8 Å². The third kappa shape index (κ3) is 6.37. The summed E-state index contributed by atoms with van der Waals surface area (Å²) in [5.74, 6) is -7.09. The number of fused-ring (bicyclic) bond motifs is 1. The molecule has 0 bridgehead atoms. The number of alkyl halides is 3. The van der Waals surface area contributed by atoms with E-state index in [1.165, 1.54) is 4.68 Å². The number of thioether (sulfide) groups is 1. The molecule has 0 spiro atoms. The molecule has 2 amide bonds. The van der Waals surface area contributed by atoms with Crippen LogP contribution in [0.15, 0.2) is 11.3 Å². The van der Waals surface area contributed by atoms with Crippen LogP contribution < -0.4 is 45.3 Å². The number of nitrogens with zero attached hydrogens (tertiary/aromatic N) is 5. The van der Waals surface area contributed by atoms with Crippen LogP contribution in [0.2, 0.25) is 0 Å². The first-order chi connectivity index (χ1) is 14.8. The Hall–Kier alpha value is -1.89. The minimum absolute atomic E-state index is 0. The van der Waals surface area contributed by atoms with Gasteiger partial charge in [-0.3, -0.25) is 14.5 Å². The van der Waals surface area contributed by atoms with Gasteiger partial charge in [0.15, 0.2) is 9.84 Å². The first-order valence-corrected chi connectivity index (χ1v) is 11.6. The van der Waals surface area contributed by atoms with Crippen molar-refractivity contribution in [2.75, 3.05) is 29.1 Å². The Kier molecular flexibility index (Phi) is 8.42. The van der Waals surface area contributed by atoms with Crippen molar-refractivity contribution in [3.63, 3.8) is 0 Å². The van der Waals surface area contributed by atoms with Crippen LogP contribution in [0.1, 0.15) is 0 Å². The number of sulfone groups is 1. The molecule has 1 aromatic heterocycles. The molecule has 1 fully saturated rings. The van der Waals surface area contributed by atoms with E-state index in [2.05, 4.69) is 26.2 Å². The fourth-order valence-electron chi connectivity index (χ4n) is 3.09. The predicted molar refractivity (Wildman–Crippen MR) is 99.1 cm³/mol. The molecular formula is C14H15F3N7NaO6S2. The van der Waals surface area contributed by atoms with Crippen molar-refractivity contribution >= 4 is 45.3 Å². The van der Waals surface area contributed by atoms with Crippen LogP contribution in [0.3, 0.4) is 0 Å². The summed E-state index contributed by atoms with van der Waals surface area (Å²) in [7, 11) is -3.24. The largest absolute Gasteiger partial charge is 1.00 e. The first kappa shape index (κ1) is 27.4. The summed E-state index contributed by atoms with van der Waals surface area (Å²) in [6, 6.07) is -1.29. The molecule has 33 heavy (non-hydrogen) atoms. The van der Waals surface area contributed by atoms with E-state index in [-0.39, 0.29) is 53.4 Å². The van der Waals surface area contributed by atoms with Crippen LogP contribution >= 0.6 is 11.8 Å².